The van der Waals surface area contributed by atoms with Crippen molar-refractivity contribution in [2.24, 2.45) is 0 Å². The highest BCUT2D eigenvalue weighted by molar-refractivity contribution is 9.10. The number of fused-ring (bicyclic) bond motifs is 1. The van der Waals surface area contributed by atoms with E-state index in [9.17, 15) is 0 Å². The summed E-state index contributed by atoms with van der Waals surface area (Å²) in [7, 11) is 0. The fourth-order valence-corrected chi connectivity index (χ4v) is 4.22. The molecule has 1 nitrogen and oxygen atoms in total. The molecule has 1 aliphatic heterocycles. The molecule has 88 valence electrons. The highest BCUT2D eigenvalue weighted by Crippen LogP contribution is 2.39. The Morgan fingerprint density at radius 1 is 1.35 bits per heavy atom. The fourth-order valence-electron chi connectivity index (χ4n) is 2.31. The Morgan fingerprint density at radius 3 is 2.94 bits per heavy atom. The van der Waals surface area contributed by atoms with Gasteiger partial charge in [-0.15, -0.1) is 11.3 Å². The van der Waals surface area contributed by atoms with Crippen LogP contribution in [0.15, 0.2) is 34.8 Å². The van der Waals surface area contributed by atoms with Gasteiger partial charge in [0.2, 0.25) is 0 Å². The molecule has 1 N–H and O–H groups in total. The van der Waals surface area contributed by atoms with Crippen molar-refractivity contribution in [1.82, 2.24) is 5.32 Å². The summed E-state index contributed by atoms with van der Waals surface area (Å²) in [6.07, 6.45) is 1.15. The van der Waals surface area contributed by atoms with E-state index in [1.165, 1.54) is 25.4 Å². The number of thiophene rings is 1. The van der Waals surface area contributed by atoms with Gasteiger partial charge < -0.3 is 5.32 Å². The average molecular weight is 308 g/mol. The summed E-state index contributed by atoms with van der Waals surface area (Å²) in [6.45, 7) is 3.35. The summed E-state index contributed by atoms with van der Waals surface area (Å²) < 4.78 is 1.18. The van der Waals surface area contributed by atoms with E-state index >= 15 is 0 Å². The lowest BCUT2D eigenvalue weighted by molar-refractivity contribution is 0.551. The maximum absolute atomic E-state index is 3.63. The standard InChI is InChI=1S/C14H14BrNS/c1-9-14-10(6-7-16-9)8-13(17-14)11-4-2-3-5-12(11)15/h2-5,8-9,16H,6-7H2,1H3. The molecule has 1 atom stereocenters. The van der Waals surface area contributed by atoms with Gasteiger partial charge in [0, 0.05) is 25.8 Å². The molecule has 1 unspecified atom stereocenters. The molecule has 0 spiro atoms. The zero-order valence-electron chi connectivity index (χ0n) is 9.66. The third-order valence-corrected chi connectivity index (χ3v) is 5.30. The second-order valence-electron chi connectivity index (χ2n) is 4.41. The first-order valence-electron chi connectivity index (χ1n) is 5.86. The molecule has 2 aromatic rings. The monoisotopic (exact) mass is 307 g/mol. The van der Waals surface area contributed by atoms with Crippen molar-refractivity contribution in [2.45, 2.75) is 19.4 Å². The second kappa shape index (κ2) is 4.56. The first-order chi connectivity index (χ1) is 8.25. The van der Waals surface area contributed by atoms with Gasteiger partial charge in [0.1, 0.15) is 0 Å². The van der Waals surface area contributed by atoms with Crippen LogP contribution in [0.4, 0.5) is 0 Å². The molecule has 1 aromatic carbocycles. The Labute approximate surface area is 114 Å². The largest absolute Gasteiger partial charge is 0.309 e. The molecule has 3 rings (SSSR count). The highest BCUT2D eigenvalue weighted by atomic mass is 79.9. The van der Waals surface area contributed by atoms with Gasteiger partial charge in [-0.2, -0.15) is 0 Å². The van der Waals surface area contributed by atoms with Crippen LogP contribution in [0.25, 0.3) is 10.4 Å². The molecule has 3 heteroatoms. The molecule has 0 saturated heterocycles. The van der Waals surface area contributed by atoms with Gasteiger partial charge in [-0.1, -0.05) is 34.1 Å². The molecule has 17 heavy (non-hydrogen) atoms. The molecule has 0 saturated carbocycles. The van der Waals surface area contributed by atoms with E-state index in [4.69, 9.17) is 0 Å². The van der Waals surface area contributed by atoms with Gasteiger partial charge in [-0.05, 0) is 37.6 Å². The van der Waals surface area contributed by atoms with Gasteiger partial charge in [-0.25, -0.2) is 0 Å². The lowest BCUT2D eigenvalue weighted by Crippen LogP contribution is -2.26. The molecule has 0 bridgehead atoms. The topological polar surface area (TPSA) is 12.0 Å². The van der Waals surface area contributed by atoms with E-state index in [-0.39, 0.29) is 0 Å². The van der Waals surface area contributed by atoms with Crippen LogP contribution in [0.5, 0.6) is 0 Å². The van der Waals surface area contributed by atoms with Gasteiger partial charge >= 0.3 is 0 Å². The zero-order chi connectivity index (χ0) is 11.8. The zero-order valence-corrected chi connectivity index (χ0v) is 12.1. The number of rotatable bonds is 1. The SMILES string of the molecule is CC1NCCc2cc(-c3ccccc3Br)sc21. The first kappa shape index (κ1) is 11.5. The quantitative estimate of drug-likeness (QED) is 0.824. The molecule has 2 heterocycles. The van der Waals surface area contributed by atoms with Crippen LogP contribution < -0.4 is 5.32 Å². The Balaban J connectivity index is 2.08. The highest BCUT2D eigenvalue weighted by Gasteiger charge is 2.19. The minimum atomic E-state index is 0.500. The van der Waals surface area contributed by atoms with Crippen molar-refractivity contribution in [3.8, 4) is 10.4 Å². The summed E-state index contributed by atoms with van der Waals surface area (Å²) in [4.78, 5) is 2.88. The van der Waals surface area contributed by atoms with E-state index in [2.05, 4.69) is 58.5 Å². The summed E-state index contributed by atoms with van der Waals surface area (Å²) in [5.41, 5.74) is 2.83. The van der Waals surface area contributed by atoms with E-state index < -0.39 is 0 Å². The molecule has 0 fully saturated rings. The molecule has 0 aliphatic carbocycles. The first-order valence-corrected chi connectivity index (χ1v) is 7.47. The molecule has 1 aliphatic rings. The Kier molecular flexibility index (Phi) is 3.07. The maximum atomic E-state index is 3.63. The lowest BCUT2D eigenvalue weighted by Gasteiger charge is -2.19. The minimum absolute atomic E-state index is 0.500. The Bertz CT molecular complexity index is 547. The predicted molar refractivity (Wildman–Crippen MR) is 77.6 cm³/mol. The van der Waals surface area contributed by atoms with Crippen LogP contribution in [0.1, 0.15) is 23.4 Å². The maximum Gasteiger partial charge on any atom is 0.0389 e. The normalized spacial score (nSPS) is 19.1. The fraction of sp³-hybridized carbons (Fsp3) is 0.286. The van der Waals surface area contributed by atoms with Crippen LogP contribution in [0, 0.1) is 0 Å². The smallest absolute Gasteiger partial charge is 0.0389 e. The van der Waals surface area contributed by atoms with Crippen LogP contribution in [-0.4, -0.2) is 6.54 Å². The number of nitrogens with one attached hydrogen (secondary N) is 1. The van der Waals surface area contributed by atoms with Gasteiger partial charge in [-0.3, -0.25) is 0 Å². The number of halogens is 1. The molecular weight excluding hydrogens is 294 g/mol. The second-order valence-corrected chi connectivity index (χ2v) is 6.34. The van der Waals surface area contributed by atoms with Crippen LogP contribution in [-0.2, 0) is 6.42 Å². The lowest BCUT2D eigenvalue weighted by atomic mass is 10.0. The van der Waals surface area contributed by atoms with Crippen molar-refractivity contribution >= 4 is 27.3 Å². The molecule has 1 aromatic heterocycles. The van der Waals surface area contributed by atoms with Gasteiger partial charge in [0.15, 0.2) is 0 Å². The number of benzene rings is 1. The van der Waals surface area contributed by atoms with Crippen molar-refractivity contribution in [3.05, 3.63) is 45.2 Å². The van der Waals surface area contributed by atoms with E-state index in [0.29, 0.717) is 6.04 Å². The number of hydrogen-bond donors (Lipinski definition) is 1. The van der Waals surface area contributed by atoms with Crippen LogP contribution in [0.2, 0.25) is 0 Å². The van der Waals surface area contributed by atoms with Gasteiger partial charge in [0.05, 0.1) is 0 Å². The van der Waals surface area contributed by atoms with Crippen molar-refractivity contribution < 1.29 is 0 Å². The van der Waals surface area contributed by atoms with Crippen LogP contribution >= 0.6 is 27.3 Å². The number of hydrogen-bond acceptors (Lipinski definition) is 2. The third-order valence-electron chi connectivity index (χ3n) is 3.22. The van der Waals surface area contributed by atoms with E-state index in [0.717, 1.165) is 13.0 Å². The van der Waals surface area contributed by atoms with Crippen molar-refractivity contribution in [3.63, 3.8) is 0 Å². The summed E-state index contributed by atoms with van der Waals surface area (Å²) in [5.74, 6) is 0. The minimum Gasteiger partial charge on any atom is -0.309 e. The Morgan fingerprint density at radius 2 is 2.18 bits per heavy atom. The third kappa shape index (κ3) is 2.07. The van der Waals surface area contributed by atoms with Crippen molar-refractivity contribution in [1.29, 1.82) is 0 Å². The Hall–Kier alpha value is -0.640. The molecule has 0 radical (unpaired) electrons. The van der Waals surface area contributed by atoms with E-state index in [1.54, 1.807) is 0 Å². The van der Waals surface area contributed by atoms with E-state index in [1.807, 2.05) is 11.3 Å². The van der Waals surface area contributed by atoms with Gasteiger partial charge in [0.25, 0.3) is 0 Å². The summed E-state index contributed by atoms with van der Waals surface area (Å²) >= 11 is 5.55. The molecular formula is C14H14BrNS. The molecule has 0 amide bonds. The summed E-state index contributed by atoms with van der Waals surface area (Å²) in [5, 5.41) is 3.52. The van der Waals surface area contributed by atoms with Crippen LogP contribution in [0.3, 0.4) is 0 Å². The predicted octanol–water partition coefficient (Wildman–Crippen LogP) is 4.38. The van der Waals surface area contributed by atoms with Crippen molar-refractivity contribution in [2.75, 3.05) is 6.54 Å². The average Bonchev–Trinajstić information content (AvgIpc) is 2.75. The summed E-state index contributed by atoms with van der Waals surface area (Å²) in [6, 6.07) is 11.3.